The van der Waals surface area contributed by atoms with Crippen LogP contribution in [-0.2, 0) is 13.6 Å². The van der Waals surface area contributed by atoms with E-state index < -0.39 is 7.82 Å². The summed E-state index contributed by atoms with van der Waals surface area (Å²) >= 11 is 0. The van der Waals surface area contributed by atoms with E-state index in [4.69, 9.17) is 9.05 Å². The fourth-order valence-corrected chi connectivity index (χ4v) is 3.84. The molecular formula is C21H45O4P. The van der Waals surface area contributed by atoms with Crippen LogP contribution in [0.15, 0.2) is 0 Å². The van der Waals surface area contributed by atoms with Crippen LogP contribution in [0, 0.1) is 0 Å². The van der Waals surface area contributed by atoms with Crippen LogP contribution >= 0.6 is 7.82 Å². The maximum Gasteiger partial charge on any atom is 0.472 e. The van der Waals surface area contributed by atoms with Crippen LogP contribution in [0.3, 0.4) is 0 Å². The number of phosphoric ester groups is 1. The lowest BCUT2D eigenvalue weighted by atomic mass is 10.0. The van der Waals surface area contributed by atoms with E-state index in [-0.39, 0.29) is 0 Å². The van der Waals surface area contributed by atoms with Crippen molar-refractivity contribution >= 4 is 7.82 Å². The van der Waals surface area contributed by atoms with Crippen molar-refractivity contribution in [3.63, 3.8) is 0 Å². The highest BCUT2D eigenvalue weighted by molar-refractivity contribution is 7.47. The second-order valence-corrected chi connectivity index (χ2v) is 8.89. The summed E-state index contributed by atoms with van der Waals surface area (Å²) in [5.74, 6) is 0. The normalized spacial score (nSPS) is 13.8. The minimum atomic E-state index is -3.82. The van der Waals surface area contributed by atoms with Gasteiger partial charge < -0.3 is 4.89 Å². The molecule has 0 bridgehead atoms. The monoisotopic (exact) mass is 392 g/mol. The van der Waals surface area contributed by atoms with Crippen LogP contribution in [0.4, 0.5) is 0 Å². The summed E-state index contributed by atoms with van der Waals surface area (Å²) in [6, 6.07) is 0. The van der Waals surface area contributed by atoms with Crippen LogP contribution in [0.1, 0.15) is 123 Å². The predicted molar refractivity (Wildman–Crippen MR) is 112 cm³/mol. The van der Waals surface area contributed by atoms with Crippen molar-refractivity contribution in [1.82, 2.24) is 0 Å². The Morgan fingerprint density at radius 3 is 1.19 bits per heavy atom. The molecule has 0 radical (unpaired) electrons. The Labute approximate surface area is 163 Å². The van der Waals surface area contributed by atoms with Crippen LogP contribution < -0.4 is 0 Å². The molecule has 0 aliphatic heterocycles. The lowest BCUT2D eigenvalue weighted by Crippen LogP contribution is -1.99. The van der Waals surface area contributed by atoms with E-state index in [1.807, 2.05) is 0 Å². The first-order valence-electron chi connectivity index (χ1n) is 11.2. The van der Waals surface area contributed by atoms with E-state index in [1.165, 1.54) is 77.0 Å². The summed E-state index contributed by atoms with van der Waals surface area (Å²) in [6.07, 6.45) is 21.0. The summed E-state index contributed by atoms with van der Waals surface area (Å²) in [5.41, 5.74) is 0. The van der Waals surface area contributed by atoms with Gasteiger partial charge in [-0.3, -0.25) is 9.05 Å². The third-order valence-electron chi connectivity index (χ3n) is 4.75. The zero-order valence-corrected chi connectivity index (χ0v) is 18.4. The number of rotatable bonds is 21. The Morgan fingerprint density at radius 1 is 0.538 bits per heavy atom. The number of hydrogen-bond donors (Lipinski definition) is 1. The molecule has 158 valence electrons. The Hall–Kier alpha value is 0.110. The van der Waals surface area contributed by atoms with Gasteiger partial charge in [0.2, 0.25) is 0 Å². The Morgan fingerprint density at radius 2 is 0.808 bits per heavy atom. The molecule has 1 unspecified atom stereocenters. The molecule has 0 aliphatic carbocycles. The van der Waals surface area contributed by atoms with Crippen molar-refractivity contribution in [3.05, 3.63) is 0 Å². The summed E-state index contributed by atoms with van der Waals surface area (Å²) in [4.78, 5) is 9.53. The zero-order chi connectivity index (χ0) is 19.3. The second-order valence-electron chi connectivity index (χ2n) is 7.44. The van der Waals surface area contributed by atoms with Gasteiger partial charge in [-0.2, -0.15) is 0 Å². The van der Waals surface area contributed by atoms with Crippen LogP contribution in [0.25, 0.3) is 0 Å². The summed E-state index contributed by atoms with van der Waals surface area (Å²) < 4.78 is 21.6. The smallest absolute Gasteiger partial charge is 0.302 e. The number of unbranched alkanes of at least 4 members (excludes halogenated alkanes) is 15. The van der Waals surface area contributed by atoms with Crippen molar-refractivity contribution in [2.45, 2.75) is 123 Å². The average molecular weight is 393 g/mol. The predicted octanol–water partition coefficient (Wildman–Crippen LogP) is 7.79. The van der Waals surface area contributed by atoms with Gasteiger partial charge in [0.1, 0.15) is 0 Å². The van der Waals surface area contributed by atoms with Gasteiger partial charge >= 0.3 is 7.82 Å². The molecule has 0 rings (SSSR count). The lowest BCUT2D eigenvalue weighted by molar-refractivity contribution is 0.145. The second kappa shape index (κ2) is 19.9. The van der Waals surface area contributed by atoms with Crippen molar-refractivity contribution in [2.24, 2.45) is 0 Å². The largest absolute Gasteiger partial charge is 0.472 e. The van der Waals surface area contributed by atoms with E-state index in [0.717, 1.165) is 32.1 Å². The van der Waals surface area contributed by atoms with Crippen molar-refractivity contribution < 1.29 is 18.5 Å². The Kier molecular flexibility index (Phi) is 19.9. The molecule has 0 aromatic rings. The fraction of sp³-hybridized carbons (Fsp3) is 1.00. The van der Waals surface area contributed by atoms with E-state index >= 15 is 0 Å². The third kappa shape index (κ3) is 20.4. The van der Waals surface area contributed by atoms with Gasteiger partial charge in [-0.05, 0) is 12.8 Å². The van der Waals surface area contributed by atoms with E-state index in [9.17, 15) is 9.46 Å². The molecular weight excluding hydrogens is 347 g/mol. The summed E-state index contributed by atoms with van der Waals surface area (Å²) in [7, 11) is -3.82. The maximum atomic E-state index is 11.6. The SMILES string of the molecule is CCCCCCCCCCCCCCCCOP(=O)(O)OCCCCC. The minimum absolute atomic E-state index is 0.306. The molecule has 1 atom stereocenters. The zero-order valence-electron chi connectivity index (χ0n) is 17.6. The first-order chi connectivity index (χ1) is 12.6. The molecule has 0 spiro atoms. The lowest BCUT2D eigenvalue weighted by Gasteiger charge is -2.11. The number of hydrogen-bond acceptors (Lipinski definition) is 3. The molecule has 0 aromatic carbocycles. The van der Waals surface area contributed by atoms with Crippen molar-refractivity contribution in [3.8, 4) is 0 Å². The standard InChI is InChI=1S/C21H45O4P/c1-3-5-7-8-9-10-11-12-13-14-15-16-17-19-21-25-26(22,23)24-20-18-6-4-2/h3-21H2,1-2H3,(H,22,23). The highest BCUT2D eigenvalue weighted by Crippen LogP contribution is 2.43. The van der Waals surface area contributed by atoms with E-state index in [1.54, 1.807) is 0 Å². The third-order valence-corrected chi connectivity index (χ3v) is 5.77. The molecule has 0 aromatic heterocycles. The van der Waals surface area contributed by atoms with Crippen molar-refractivity contribution in [1.29, 1.82) is 0 Å². The highest BCUT2D eigenvalue weighted by Gasteiger charge is 2.19. The van der Waals surface area contributed by atoms with E-state index in [2.05, 4.69) is 13.8 Å². The molecule has 0 saturated carbocycles. The van der Waals surface area contributed by atoms with Crippen molar-refractivity contribution in [2.75, 3.05) is 13.2 Å². The first-order valence-corrected chi connectivity index (χ1v) is 12.7. The minimum Gasteiger partial charge on any atom is -0.302 e. The fourth-order valence-electron chi connectivity index (χ4n) is 3.05. The van der Waals surface area contributed by atoms with Gasteiger partial charge in [-0.25, -0.2) is 4.57 Å². The van der Waals surface area contributed by atoms with Crippen LogP contribution in [0.5, 0.6) is 0 Å². The topological polar surface area (TPSA) is 55.8 Å². The van der Waals surface area contributed by atoms with Gasteiger partial charge in [-0.15, -0.1) is 0 Å². The Bertz CT molecular complexity index is 323. The molecule has 0 amide bonds. The van der Waals surface area contributed by atoms with Crippen LogP contribution in [0.2, 0.25) is 0 Å². The molecule has 0 aliphatic rings. The molecule has 4 nitrogen and oxygen atoms in total. The molecule has 5 heteroatoms. The van der Waals surface area contributed by atoms with E-state index in [0.29, 0.717) is 13.2 Å². The van der Waals surface area contributed by atoms with Gasteiger partial charge in [0.05, 0.1) is 13.2 Å². The quantitative estimate of drug-likeness (QED) is 0.160. The average Bonchev–Trinajstić information content (AvgIpc) is 2.62. The molecule has 0 fully saturated rings. The highest BCUT2D eigenvalue weighted by atomic mass is 31.2. The molecule has 0 saturated heterocycles. The Balaban J connectivity index is 3.22. The van der Waals surface area contributed by atoms with Gasteiger partial charge in [-0.1, -0.05) is 110 Å². The first kappa shape index (κ1) is 26.1. The molecule has 0 heterocycles. The number of phosphoric acid groups is 1. The molecule has 1 N–H and O–H groups in total. The maximum absolute atomic E-state index is 11.6. The van der Waals surface area contributed by atoms with Crippen LogP contribution in [-0.4, -0.2) is 18.1 Å². The van der Waals surface area contributed by atoms with Gasteiger partial charge in [0.25, 0.3) is 0 Å². The molecule has 26 heavy (non-hydrogen) atoms. The summed E-state index contributed by atoms with van der Waals surface area (Å²) in [6.45, 7) is 4.98. The van der Waals surface area contributed by atoms with Gasteiger partial charge in [0.15, 0.2) is 0 Å². The van der Waals surface area contributed by atoms with Gasteiger partial charge in [0, 0.05) is 0 Å². The summed E-state index contributed by atoms with van der Waals surface area (Å²) in [5, 5.41) is 0.